The Bertz CT molecular complexity index is 660. The molecule has 2 aromatic rings. The van der Waals surface area contributed by atoms with Crippen LogP contribution in [0.15, 0.2) is 30.6 Å². The highest BCUT2D eigenvalue weighted by Crippen LogP contribution is 2.26. The van der Waals surface area contributed by atoms with Crippen LogP contribution in [0.3, 0.4) is 0 Å². The number of likely N-dealkylation sites (tertiary alicyclic amines) is 1. The van der Waals surface area contributed by atoms with Crippen molar-refractivity contribution in [3.05, 3.63) is 36.2 Å². The van der Waals surface area contributed by atoms with Gasteiger partial charge in [0.1, 0.15) is 0 Å². The second-order valence-corrected chi connectivity index (χ2v) is 5.58. The number of amides is 1. The average molecular weight is 268 g/mol. The summed E-state index contributed by atoms with van der Waals surface area (Å²) in [7, 11) is 0. The maximum atomic E-state index is 12.6. The van der Waals surface area contributed by atoms with Crippen LogP contribution in [0.1, 0.15) is 16.8 Å². The van der Waals surface area contributed by atoms with Crippen LogP contribution in [0.4, 0.5) is 0 Å². The van der Waals surface area contributed by atoms with E-state index in [9.17, 15) is 4.79 Å². The minimum Gasteiger partial charge on any atom is -0.337 e. The quantitative estimate of drug-likeness (QED) is 0.840. The molecule has 5 heteroatoms. The van der Waals surface area contributed by atoms with Gasteiger partial charge in [0.25, 0.3) is 5.91 Å². The molecular weight excluding hydrogens is 252 g/mol. The zero-order valence-electron chi connectivity index (χ0n) is 11.1. The number of aromatic nitrogens is 2. The van der Waals surface area contributed by atoms with Crippen molar-refractivity contribution in [1.29, 1.82) is 0 Å². The second-order valence-electron chi connectivity index (χ2n) is 5.58. The summed E-state index contributed by atoms with van der Waals surface area (Å²) >= 11 is 0. The Morgan fingerprint density at radius 2 is 2.05 bits per heavy atom. The van der Waals surface area contributed by atoms with Gasteiger partial charge in [0, 0.05) is 37.1 Å². The van der Waals surface area contributed by atoms with Crippen LogP contribution in [-0.2, 0) is 0 Å². The molecule has 4 rings (SSSR count). The molecule has 5 nitrogen and oxygen atoms in total. The largest absolute Gasteiger partial charge is 0.337 e. The van der Waals surface area contributed by atoms with Crippen molar-refractivity contribution < 1.29 is 4.79 Å². The van der Waals surface area contributed by atoms with E-state index in [2.05, 4.69) is 15.3 Å². The number of rotatable bonds is 1. The fraction of sp³-hybridized carbons (Fsp3) is 0.400. The lowest BCUT2D eigenvalue weighted by Gasteiger charge is -2.17. The van der Waals surface area contributed by atoms with Gasteiger partial charge in [-0.2, -0.15) is 0 Å². The zero-order valence-corrected chi connectivity index (χ0v) is 11.1. The van der Waals surface area contributed by atoms with Gasteiger partial charge < -0.3 is 10.2 Å². The van der Waals surface area contributed by atoms with Crippen LogP contribution in [0.5, 0.6) is 0 Å². The van der Waals surface area contributed by atoms with Gasteiger partial charge in [0.2, 0.25) is 0 Å². The van der Waals surface area contributed by atoms with Gasteiger partial charge >= 0.3 is 0 Å². The summed E-state index contributed by atoms with van der Waals surface area (Å²) in [6.07, 6.45) is 4.50. The standard InChI is InChI=1S/C15H16N4O/c20-15(19-8-11-3-4-16-14(11)9-19)10-1-2-12-13(7-10)18-6-5-17-12/h1-2,5-7,11,14,16H,3-4,8-9H2/t11-,14+/m0/s1. The summed E-state index contributed by atoms with van der Waals surface area (Å²) in [6.45, 7) is 2.78. The number of nitrogens with zero attached hydrogens (tertiary/aromatic N) is 3. The van der Waals surface area contributed by atoms with Gasteiger partial charge in [0.15, 0.2) is 0 Å². The van der Waals surface area contributed by atoms with Crippen molar-refractivity contribution in [2.45, 2.75) is 12.5 Å². The number of hydrogen-bond donors (Lipinski definition) is 1. The van der Waals surface area contributed by atoms with E-state index in [0.29, 0.717) is 17.5 Å². The molecule has 2 aliphatic heterocycles. The van der Waals surface area contributed by atoms with Gasteiger partial charge in [-0.3, -0.25) is 14.8 Å². The first-order chi connectivity index (χ1) is 9.81. The number of hydrogen-bond acceptors (Lipinski definition) is 4. The van der Waals surface area contributed by atoms with E-state index < -0.39 is 0 Å². The second kappa shape index (κ2) is 4.52. The monoisotopic (exact) mass is 268 g/mol. The maximum Gasteiger partial charge on any atom is 0.253 e. The van der Waals surface area contributed by atoms with E-state index >= 15 is 0 Å². The van der Waals surface area contributed by atoms with E-state index in [1.54, 1.807) is 12.4 Å². The highest BCUT2D eigenvalue weighted by atomic mass is 16.2. The molecule has 1 N–H and O–H groups in total. The Balaban J connectivity index is 1.61. The molecule has 1 amide bonds. The van der Waals surface area contributed by atoms with Crippen LogP contribution in [-0.4, -0.2) is 46.5 Å². The lowest BCUT2D eigenvalue weighted by Crippen LogP contribution is -2.33. The van der Waals surface area contributed by atoms with Gasteiger partial charge in [-0.25, -0.2) is 0 Å². The molecule has 0 spiro atoms. The van der Waals surface area contributed by atoms with Crippen molar-refractivity contribution in [3.8, 4) is 0 Å². The molecule has 0 bridgehead atoms. The van der Waals surface area contributed by atoms with Crippen molar-refractivity contribution in [3.63, 3.8) is 0 Å². The molecule has 1 aromatic carbocycles. The minimum atomic E-state index is 0.105. The molecular formula is C15H16N4O. The van der Waals surface area contributed by atoms with Crippen LogP contribution in [0.2, 0.25) is 0 Å². The number of fused-ring (bicyclic) bond motifs is 2. The molecule has 3 heterocycles. The van der Waals surface area contributed by atoms with E-state index in [1.165, 1.54) is 6.42 Å². The van der Waals surface area contributed by atoms with Crippen molar-refractivity contribution >= 4 is 16.9 Å². The molecule has 0 unspecified atom stereocenters. The average Bonchev–Trinajstić information content (AvgIpc) is 3.07. The molecule has 1 aromatic heterocycles. The highest BCUT2D eigenvalue weighted by Gasteiger charge is 2.38. The first-order valence-electron chi connectivity index (χ1n) is 7.05. The number of benzene rings is 1. The molecule has 2 aliphatic rings. The van der Waals surface area contributed by atoms with E-state index in [4.69, 9.17) is 0 Å². The third-order valence-corrected chi connectivity index (χ3v) is 4.37. The molecule has 2 fully saturated rings. The van der Waals surface area contributed by atoms with Crippen LogP contribution in [0, 0.1) is 5.92 Å². The van der Waals surface area contributed by atoms with E-state index in [-0.39, 0.29) is 5.91 Å². The van der Waals surface area contributed by atoms with E-state index in [0.717, 1.165) is 30.7 Å². The number of nitrogens with one attached hydrogen (secondary N) is 1. The zero-order chi connectivity index (χ0) is 13.5. The lowest BCUT2D eigenvalue weighted by molar-refractivity contribution is 0.0783. The fourth-order valence-electron chi connectivity index (χ4n) is 3.29. The summed E-state index contributed by atoms with van der Waals surface area (Å²) < 4.78 is 0. The lowest BCUT2D eigenvalue weighted by atomic mass is 10.1. The van der Waals surface area contributed by atoms with Gasteiger partial charge in [0.05, 0.1) is 11.0 Å². The number of carbonyl (C=O) groups excluding carboxylic acids is 1. The van der Waals surface area contributed by atoms with Crippen molar-refractivity contribution in [1.82, 2.24) is 20.2 Å². The first-order valence-corrected chi connectivity index (χ1v) is 7.05. The molecule has 0 radical (unpaired) electrons. The third-order valence-electron chi connectivity index (χ3n) is 4.37. The molecule has 102 valence electrons. The Hall–Kier alpha value is -2.01. The predicted octanol–water partition coefficient (Wildman–Crippen LogP) is 1.06. The Morgan fingerprint density at radius 1 is 1.20 bits per heavy atom. The Labute approximate surface area is 117 Å². The summed E-state index contributed by atoms with van der Waals surface area (Å²) in [5.74, 6) is 0.730. The third kappa shape index (κ3) is 1.86. The number of carbonyl (C=O) groups is 1. The molecule has 2 saturated heterocycles. The minimum absolute atomic E-state index is 0.105. The SMILES string of the molecule is O=C(c1ccc2nccnc2c1)N1C[C@@H]2CCN[C@@H]2C1. The van der Waals surface area contributed by atoms with Crippen LogP contribution in [0.25, 0.3) is 11.0 Å². The van der Waals surface area contributed by atoms with E-state index in [1.807, 2.05) is 23.1 Å². The highest BCUT2D eigenvalue weighted by molar-refractivity contribution is 5.97. The van der Waals surface area contributed by atoms with Crippen molar-refractivity contribution in [2.75, 3.05) is 19.6 Å². The summed E-state index contributed by atoms with van der Waals surface area (Å²) in [4.78, 5) is 23.0. The smallest absolute Gasteiger partial charge is 0.253 e. The Kier molecular flexibility index (Phi) is 2.67. The molecule has 2 atom stereocenters. The normalized spacial score (nSPS) is 25.1. The fourth-order valence-corrected chi connectivity index (χ4v) is 3.29. The summed E-state index contributed by atoms with van der Waals surface area (Å²) in [5.41, 5.74) is 2.30. The molecule has 0 aliphatic carbocycles. The van der Waals surface area contributed by atoms with Crippen molar-refractivity contribution in [2.24, 2.45) is 5.92 Å². The maximum absolute atomic E-state index is 12.6. The summed E-state index contributed by atoms with van der Waals surface area (Å²) in [5, 5.41) is 3.47. The Morgan fingerprint density at radius 3 is 2.90 bits per heavy atom. The molecule has 0 saturated carbocycles. The van der Waals surface area contributed by atoms with Gasteiger partial charge in [-0.1, -0.05) is 0 Å². The predicted molar refractivity (Wildman–Crippen MR) is 75.3 cm³/mol. The van der Waals surface area contributed by atoms with Crippen LogP contribution < -0.4 is 5.32 Å². The van der Waals surface area contributed by atoms with Gasteiger partial charge in [-0.15, -0.1) is 0 Å². The topological polar surface area (TPSA) is 58.1 Å². The first kappa shape index (κ1) is 11.8. The summed E-state index contributed by atoms with van der Waals surface area (Å²) in [6, 6.07) is 6.04. The van der Waals surface area contributed by atoms with Gasteiger partial charge in [-0.05, 0) is 37.1 Å². The van der Waals surface area contributed by atoms with Crippen LogP contribution >= 0.6 is 0 Å². The molecule has 20 heavy (non-hydrogen) atoms.